The molecule has 0 saturated heterocycles. The zero-order valence-corrected chi connectivity index (χ0v) is 15.2. The molecule has 0 unspecified atom stereocenters. The van der Waals surface area contributed by atoms with E-state index in [9.17, 15) is 0 Å². The van der Waals surface area contributed by atoms with Crippen molar-refractivity contribution >= 4 is 16.6 Å². The fourth-order valence-electron chi connectivity index (χ4n) is 0.861. The van der Waals surface area contributed by atoms with Gasteiger partial charge in [0.05, 0.1) is 0 Å². The predicted octanol–water partition coefficient (Wildman–Crippen LogP) is -1.51. The second-order valence-electron chi connectivity index (χ2n) is 3.08. The summed E-state index contributed by atoms with van der Waals surface area (Å²) in [6.07, 6.45) is 1.24. The Morgan fingerprint density at radius 3 is 1.33 bits per heavy atom. The summed E-state index contributed by atoms with van der Waals surface area (Å²) >= 11 is 7.80. The van der Waals surface area contributed by atoms with Crippen LogP contribution in [0.2, 0.25) is 6.04 Å². The molecule has 2 aromatic rings. The Hall–Kier alpha value is 0.501. The summed E-state index contributed by atoms with van der Waals surface area (Å²) < 4.78 is 0. The van der Waals surface area contributed by atoms with Crippen LogP contribution in [0.1, 0.15) is 13.3 Å². The van der Waals surface area contributed by atoms with Gasteiger partial charge in [0, 0.05) is 0 Å². The van der Waals surface area contributed by atoms with Crippen LogP contribution in [0.3, 0.4) is 0 Å². The molecule has 2 rings (SSSR count). The molecule has 18 heavy (non-hydrogen) atoms. The fraction of sp³-hybridized carbons (Fsp3) is 0.231. The van der Waals surface area contributed by atoms with Gasteiger partial charge in [0.1, 0.15) is 0 Å². The Kier molecular flexibility index (Phi) is 26.0. The van der Waals surface area contributed by atoms with Gasteiger partial charge in [-0.15, -0.1) is 0 Å². The summed E-state index contributed by atoms with van der Waals surface area (Å²) in [5, 5.41) is 0. The fourth-order valence-corrected chi connectivity index (χ4v) is 3.04. The number of hydrogen-bond donors (Lipinski definition) is 0. The maximum absolute atomic E-state index is 5.68. The van der Waals surface area contributed by atoms with E-state index in [-0.39, 0.29) is 24.8 Å². The second-order valence-corrected chi connectivity index (χ2v) is 10.1. The third kappa shape index (κ3) is 21.8. The van der Waals surface area contributed by atoms with Crippen molar-refractivity contribution in [3.63, 3.8) is 0 Å². The average Bonchev–Trinajstić information content (AvgIpc) is 2.98. The molecule has 5 heteroatoms. The maximum atomic E-state index is 5.68. The molecule has 100 valence electrons. The van der Waals surface area contributed by atoms with Crippen LogP contribution in [0.5, 0.6) is 0 Å². The average molecular weight is 356 g/mol. The first-order chi connectivity index (χ1) is 7.77. The summed E-state index contributed by atoms with van der Waals surface area (Å²) in [6.45, 7) is 2.16. The summed E-state index contributed by atoms with van der Waals surface area (Å²) in [5.74, 6) is 0. The Bertz CT molecular complexity index is 259. The second kappa shape index (κ2) is 19.8. The van der Waals surface area contributed by atoms with Gasteiger partial charge in [0.15, 0.2) is 0 Å². The standard InChI is InChI=1S/2C5H5.C3H7ClSi.2ClH.Ti/c2*1-2-4-5-3-1;1-2-3-5-4;;;/h2*1-5H;2-3H2,1H3;2*1H;/q2*-1;;;;+2/p-2. The molecule has 0 bridgehead atoms. The zero-order valence-electron chi connectivity index (χ0n) is 10.3. The summed E-state index contributed by atoms with van der Waals surface area (Å²) in [5.41, 5.74) is -0.413. The van der Waals surface area contributed by atoms with Gasteiger partial charge in [-0.25, -0.2) is 24.3 Å². The van der Waals surface area contributed by atoms with Gasteiger partial charge in [-0.1, -0.05) is 0 Å². The number of hydrogen-bond acceptors (Lipinski definition) is 0. The Balaban J connectivity index is -0.000000178. The van der Waals surface area contributed by atoms with Crippen LogP contribution < -0.4 is 24.8 Å². The van der Waals surface area contributed by atoms with Crippen LogP contribution in [0.4, 0.5) is 0 Å². The van der Waals surface area contributed by atoms with Crippen LogP contribution >= 0.6 is 11.1 Å². The van der Waals surface area contributed by atoms with Crippen LogP contribution in [-0.2, 0) is 19.2 Å². The van der Waals surface area contributed by atoms with Crippen LogP contribution in [0, 0.1) is 0 Å². The third-order valence-electron chi connectivity index (χ3n) is 1.58. The van der Waals surface area contributed by atoms with Crippen molar-refractivity contribution in [3.8, 4) is 0 Å². The molecule has 0 fully saturated rings. The molecule has 0 radical (unpaired) electrons. The number of rotatable bonds is 2. The largest absolute Gasteiger partial charge is 1.00 e. The molecule has 0 amide bonds. The summed E-state index contributed by atoms with van der Waals surface area (Å²) in [7, 11) is 0. The van der Waals surface area contributed by atoms with Crippen LogP contribution in [0.25, 0.3) is 0 Å². The van der Waals surface area contributed by atoms with Crippen LogP contribution in [0.15, 0.2) is 60.7 Å². The van der Waals surface area contributed by atoms with E-state index in [1.165, 1.54) is 12.5 Å². The predicted molar refractivity (Wildman–Crippen MR) is 70.8 cm³/mol. The minimum absolute atomic E-state index is 0. The van der Waals surface area contributed by atoms with Crippen molar-refractivity contribution in [1.29, 1.82) is 0 Å². The molecule has 0 aliphatic rings. The monoisotopic (exact) mass is 354 g/mol. The van der Waals surface area contributed by atoms with Gasteiger partial charge in [0.2, 0.25) is 0 Å². The quantitative estimate of drug-likeness (QED) is 0.349. The van der Waals surface area contributed by atoms with Gasteiger partial charge < -0.3 is 24.8 Å². The molecule has 0 aliphatic carbocycles. The third-order valence-corrected chi connectivity index (χ3v) is 4.26. The SMILES string of the molecule is CCC[Si](Cl)=[Ti+2].[Cl-].[Cl-].c1cc[cH-]c1.c1cc[cH-]c1. The van der Waals surface area contributed by atoms with E-state index in [1.54, 1.807) is 0 Å². The van der Waals surface area contributed by atoms with Crippen molar-refractivity contribution < 1.29 is 44.0 Å². The maximum Gasteiger partial charge on any atom is -0.172 e. The minimum Gasteiger partial charge on any atom is -1.00 e. The van der Waals surface area contributed by atoms with Gasteiger partial charge in [-0.3, -0.25) is 0 Å². The molecular weight excluding hydrogens is 338 g/mol. The zero-order chi connectivity index (χ0) is 12.1. The first-order valence-corrected chi connectivity index (χ1v) is 10.4. The molecule has 0 nitrogen and oxygen atoms in total. The van der Waals surface area contributed by atoms with Crippen molar-refractivity contribution in [2.75, 3.05) is 0 Å². The Labute approximate surface area is 140 Å². The van der Waals surface area contributed by atoms with Gasteiger partial charge in [-0.2, -0.15) is 36.4 Å². The first-order valence-electron chi connectivity index (χ1n) is 5.33. The molecule has 0 aliphatic heterocycles. The van der Waals surface area contributed by atoms with E-state index in [4.69, 9.17) is 11.1 Å². The number of halogens is 3. The molecule has 0 heterocycles. The Morgan fingerprint density at radius 1 is 0.944 bits per heavy atom. The van der Waals surface area contributed by atoms with Crippen molar-refractivity contribution in [2.45, 2.75) is 19.4 Å². The molecule has 0 saturated carbocycles. The molecule has 0 atom stereocenters. The van der Waals surface area contributed by atoms with Crippen molar-refractivity contribution in [3.05, 3.63) is 60.7 Å². The molecule has 0 aromatic heterocycles. The van der Waals surface area contributed by atoms with E-state index in [2.05, 4.69) is 26.1 Å². The smallest absolute Gasteiger partial charge is 0.172 e. The Morgan fingerprint density at radius 2 is 1.28 bits per heavy atom. The molecule has 0 N–H and O–H groups in total. The van der Waals surface area contributed by atoms with E-state index >= 15 is 0 Å². The van der Waals surface area contributed by atoms with Crippen molar-refractivity contribution in [2.24, 2.45) is 0 Å². The van der Waals surface area contributed by atoms with Gasteiger partial charge in [0.25, 0.3) is 0 Å². The summed E-state index contributed by atoms with van der Waals surface area (Å²) in [4.78, 5) is 0. The topological polar surface area (TPSA) is 0 Å². The summed E-state index contributed by atoms with van der Waals surface area (Å²) in [6, 6.07) is 21.2. The normalized spacial score (nSPS) is 7.33. The molecule has 2 aromatic carbocycles. The van der Waals surface area contributed by atoms with Crippen molar-refractivity contribution in [1.82, 2.24) is 0 Å². The molecular formula is C13H17Cl3SiTi-2. The van der Waals surface area contributed by atoms with Crippen LogP contribution in [-0.4, -0.2) is 5.50 Å². The van der Waals surface area contributed by atoms with E-state index in [1.807, 2.05) is 60.7 Å². The molecule has 0 spiro atoms. The van der Waals surface area contributed by atoms with E-state index in [0.29, 0.717) is 0 Å². The minimum atomic E-state index is -0.413. The first kappa shape index (κ1) is 23.6. The van der Waals surface area contributed by atoms with E-state index < -0.39 is 5.50 Å². The van der Waals surface area contributed by atoms with Gasteiger partial charge in [-0.05, 0) is 0 Å². The van der Waals surface area contributed by atoms with Gasteiger partial charge >= 0.3 is 55.1 Å². The van der Waals surface area contributed by atoms with E-state index in [0.717, 1.165) is 0 Å².